The third kappa shape index (κ3) is 1.89. The maximum Gasteiger partial charge on any atom is 0.191 e. The van der Waals surface area contributed by atoms with Crippen LogP contribution >= 0.6 is 0 Å². The van der Waals surface area contributed by atoms with Crippen molar-refractivity contribution in [2.75, 3.05) is 5.73 Å². The Kier molecular flexibility index (Phi) is 2.61. The third-order valence-corrected chi connectivity index (χ3v) is 2.87. The number of rotatable bonds is 2. The predicted molar refractivity (Wildman–Crippen MR) is 74.0 cm³/mol. The van der Waals surface area contributed by atoms with E-state index in [0.717, 1.165) is 22.5 Å². The van der Waals surface area contributed by atoms with E-state index in [0.29, 0.717) is 5.88 Å². The standard InChI is InChI=1S/C16H13NO/c17-15-11-14(12-7-3-1-4-8-12)16(18-15)13-9-5-2-6-10-13/h1-11H,17H2. The van der Waals surface area contributed by atoms with Gasteiger partial charge in [-0.05, 0) is 5.56 Å². The zero-order valence-corrected chi connectivity index (χ0v) is 9.84. The minimum absolute atomic E-state index is 0.438. The predicted octanol–water partition coefficient (Wildman–Crippen LogP) is 4.20. The van der Waals surface area contributed by atoms with E-state index in [4.69, 9.17) is 10.2 Å². The fraction of sp³-hybridized carbons (Fsp3) is 0. The van der Waals surface area contributed by atoms with Crippen molar-refractivity contribution in [3.05, 3.63) is 66.7 Å². The maximum atomic E-state index is 5.79. The maximum absolute atomic E-state index is 5.79. The summed E-state index contributed by atoms with van der Waals surface area (Å²) in [7, 11) is 0. The zero-order valence-electron chi connectivity index (χ0n) is 9.84. The quantitative estimate of drug-likeness (QED) is 0.723. The van der Waals surface area contributed by atoms with E-state index in [1.807, 2.05) is 54.6 Å². The lowest BCUT2D eigenvalue weighted by Crippen LogP contribution is -1.78. The lowest BCUT2D eigenvalue weighted by atomic mass is 10.0. The van der Waals surface area contributed by atoms with Crippen molar-refractivity contribution in [1.29, 1.82) is 0 Å². The molecule has 0 spiro atoms. The number of furan rings is 1. The van der Waals surface area contributed by atoms with E-state index in [2.05, 4.69) is 12.1 Å². The summed E-state index contributed by atoms with van der Waals surface area (Å²) in [6, 6.07) is 22.0. The minimum Gasteiger partial charge on any atom is -0.440 e. The largest absolute Gasteiger partial charge is 0.440 e. The second-order valence-electron chi connectivity index (χ2n) is 4.12. The molecule has 0 amide bonds. The van der Waals surface area contributed by atoms with Crippen molar-refractivity contribution in [3.8, 4) is 22.5 Å². The molecule has 1 heterocycles. The summed E-state index contributed by atoms with van der Waals surface area (Å²) in [6.45, 7) is 0. The lowest BCUT2D eigenvalue weighted by molar-refractivity contribution is 0.603. The minimum atomic E-state index is 0.438. The first-order valence-electron chi connectivity index (χ1n) is 5.85. The molecule has 0 radical (unpaired) electrons. The van der Waals surface area contributed by atoms with Gasteiger partial charge in [0.25, 0.3) is 0 Å². The van der Waals surface area contributed by atoms with Crippen LogP contribution < -0.4 is 5.73 Å². The number of nitrogens with two attached hydrogens (primary N) is 1. The van der Waals surface area contributed by atoms with Gasteiger partial charge in [-0.25, -0.2) is 0 Å². The first kappa shape index (κ1) is 10.7. The Morgan fingerprint density at radius 1 is 0.722 bits per heavy atom. The fourth-order valence-electron chi connectivity index (χ4n) is 2.05. The third-order valence-electron chi connectivity index (χ3n) is 2.87. The van der Waals surface area contributed by atoms with Crippen LogP contribution in [0.15, 0.2) is 71.1 Å². The van der Waals surface area contributed by atoms with E-state index in [1.165, 1.54) is 0 Å². The van der Waals surface area contributed by atoms with Crippen LogP contribution in [0.1, 0.15) is 0 Å². The number of hydrogen-bond acceptors (Lipinski definition) is 2. The van der Waals surface area contributed by atoms with Gasteiger partial charge in [0.05, 0.1) is 0 Å². The van der Waals surface area contributed by atoms with Crippen LogP contribution in [0.3, 0.4) is 0 Å². The van der Waals surface area contributed by atoms with Crippen LogP contribution in [0.5, 0.6) is 0 Å². The van der Waals surface area contributed by atoms with Crippen molar-refractivity contribution >= 4 is 5.88 Å². The van der Waals surface area contributed by atoms with Crippen LogP contribution in [0.25, 0.3) is 22.5 Å². The molecule has 88 valence electrons. The van der Waals surface area contributed by atoms with Gasteiger partial charge in [0.2, 0.25) is 0 Å². The highest BCUT2D eigenvalue weighted by atomic mass is 16.4. The summed E-state index contributed by atoms with van der Waals surface area (Å²) in [6.07, 6.45) is 0. The second kappa shape index (κ2) is 4.41. The number of anilines is 1. The Bertz CT molecular complexity index is 584. The van der Waals surface area contributed by atoms with Crippen LogP contribution in [0.4, 0.5) is 5.88 Å². The SMILES string of the molecule is Nc1cc(-c2ccccc2)c(-c2ccccc2)o1. The van der Waals surface area contributed by atoms with Gasteiger partial charge in [-0.2, -0.15) is 0 Å². The summed E-state index contributed by atoms with van der Waals surface area (Å²) in [4.78, 5) is 0. The molecular weight excluding hydrogens is 222 g/mol. The van der Waals surface area contributed by atoms with E-state index >= 15 is 0 Å². The Balaban J connectivity index is 2.17. The number of benzene rings is 2. The molecule has 3 aromatic rings. The summed E-state index contributed by atoms with van der Waals surface area (Å²) < 4.78 is 5.63. The van der Waals surface area contributed by atoms with Crippen molar-refractivity contribution in [2.45, 2.75) is 0 Å². The van der Waals surface area contributed by atoms with Gasteiger partial charge in [0, 0.05) is 17.2 Å². The summed E-state index contributed by atoms with van der Waals surface area (Å²) in [5.74, 6) is 1.26. The smallest absolute Gasteiger partial charge is 0.191 e. The van der Waals surface area contributed by atoms with Gasteiger partial charge >= 0.3 is 0 Å². The van der Waals surface area contributed by atoms with Crippen molar-refractivity contribution < 1.29 is 4.42 Å². The van der Waals surface area contributed by atoms with Crippen LogP contribution in [0.2, 0.25) is 0 Å². The van der Waals surface area contributed by atoms with Gasteiger partial charge in [0.1, 0.15) is 5.76 Å². The van der Waals surface area contributed by atoms with E-state index in [-0.39, 0.29) is 0 Å². The van der Waals surface area contributed by atoms with E-state index in [9.17, 15) is 0 Å². The molecule has 3 rings (SSSR count). The Hall–Kier alpha value is -2.48. The van der Waals surface area contributed by atoms with Crippen molar-refractivity contribution in [3.63, 3.8) is 0 Å². The molecule has 0 aliphatic carbocycles. The van der Waals surface area contributed by atoms with Gasteiger partial charge in [-0.1, -0.05) is 60.7 Å². The highest BCUT2D eigenvalue weighted by Crippen LogP contribution is 2.35. The molecule has 0 unspecified atom stereocenters. The first-order chi connectivity index (χ1) is 8.84. The van der Waals surface area contributed by atoms with Crippen molar-refractivity contribution in [1.82, 2.24) is 0 Å². The molecule has 0 fully saturated rings. The molecular formula is C16H13NO. The molecule has 0 aliphatic rings. The summed E-state index contributed by atoms with van der Waals surface area (Å²) >= 11 is 0. The Morgan fingerprint density at radius 3 is 1.89 bits per heavy atom. The summed E-state index contributed by atoms with van der Waals surface area (Å²) in [5, 5.41) is 0. The van der Waals surface area contributed by atoms with Gasteiger partial charge in [-0.3, -0.25) is 0 Å². The van der Waals surface area contributed by atoms with Crippen molar-refractivity contribution in [2.24, 2.45) is 0 Å². The summed E-state index contributed by atoms with van der Waals surface area (Å²) in [5.41, 5.74) is 8.96. The molecule has 2 heteroatoms. The van der Waals surface area contributed by atoms with Gasteiger partial charge in [-0.15, -0.1) is 0 Å². The first-order valence-corrected chi connectivity index (χ1v) is 5.85. The Labute approximate surface area is 106 Å². The van der Waals surface area contributed by atoms with E-state index in [1.54, 1.807) is 0 Å². The topological polar surface area (TPSA) is 39.2 Å². The average Bonchev–Trinajstić information content (AvgIpc) is 2.83. The fourth-order valence-corrected chi connectivity index (χ4v) is 2.05. The molecule has 0 saturated carbocycles. The zero-order chi connectivity index (χ0) is 12.4. The molecule has 1 aromatic heterocycles. The van der Waals surface area contributed by atoms with Gasteiger partial charge < -0.3 is 10.2 Å². The van der Waals surface area contributed by atoms with Crippen LogP contribution in [-0.2, 0) is 0 Å². The van der Waals surface area contributed by atoms with E-state index < -0.39 is 0 Å². The molecule has 0 aliphatic heterocycles. The van der Waals surface area contributed by atoms with Crippen LogP contribution in [0, 0.1) is 0 Å². The second-order valence-corrected chi connectivity index (χ2v) is 4.12. The highest BCUT2D eigenvalue weighted by Gasteiger charge is 2.12. The molecule has 0 bridgehead atoms. The molecule has 2 aromatic carbocycles. The normalized spacial score (nSPS) is 10.4. The molecule has 0 atom stereocenters. The molecule has 2 N–H and O–H groups in total. The van der Waals surface area contributed by atoms with Crippen LogP contribution in [-0.4, -0.2) is 0 Å². The molecule has 2 nitrogen and oxygen atoms in total. The average molecular weight is 235 g/mol. The lowest BCUT2D eigenvalue weighted by Gasteiger charge is -2.02. The van der Waals surface area contributed by atoms with Gasteiger partial charge in [0.15, 0.2) is 5.88 Å². The molecule has 18 heavy (non-hydrogen) atoms. The highest BCUT2D eigenvalue weighted by molar-refractivity contribution is 5.81. The monoisotopic (exact) mass is 235 g/mol. The Morgan fingerprint density at radius 2 is 1.28 bits per heavy atom. The number of nitrogen functional groups attached to an aromatic ring is 1. The number of hydrogen-bond donors (Lipinski definition) is 1. The molecule has 0 saturated heterocycles.